The normalized spacial score (nSPS) is 10.9. The van der Waals surface area contributed by atoms with Gasteiger partial charge < -0.3 is 29.6 Å². The number of rotatable bonds is 6. The highest BCUT2D eigenvalue weighted by molar-refractivity contribution is 5.79. The molecule has 2 aromatic heterocycles. The Morgan fingerprint density at radius 2 is 1.71 bits per heavy atom. The number of nitrogens with zero attached hydrogens (tertiary/aromatic N) is 2. The number of benzene rings is 2. The van der Waals surface area contributed by atoms with Crippen molar-refractivity contribution in [3.05, 3.63) is 58.2 Å². The first kappa shape index (κ1) is 27.7. The molecule has 0 atom stereocenters. The molecule has 2 heterocycles. The average molecular weight is 543 g/mol. The van der Waals surface area contributed by atoms with Gasteiger partial charge in [0.1, 0.15) is 0 Å². The van der Waals surface area contributed by atoms with Crippen molar-refractivity contribution >= 4 is 40.2 Å². The van der Waals surface area contributed by atoms with Crippen LogP contribution in [0, 0.1) is 18.6 Å². The maximum atomic E-state index is 14.3. The quantitative estimate of drug-likeness (QED) is 0.253. The van der Waals surface area contributed by atoms with E-state index in [1.165, 1.54) is 13.2 Å². The summed E-state index contributed by atoms with van der Waals surface area (Å²) in [4.78, 5) is 30.6. The first-order valence-electron chi connectivity index (χ1n) is 10.2. The predicted octanol–water partition coefficient (Wildman–Crippen LogP) is 4.64. The van der Waals surface area contributed by atoms with Gasteiger partial charge >= 0.3 is 17.9 Å². The Balaban J connectivity index is 0.000000505. The molecule has 11 nitrogen and oxygen atoms in total. The number of nitrogens with one attached hydrogen (secondary N) is 3. The third-order valence-corrected chi connectivity index (χ3v) is 4.65. The van der Waals surface area contributed by atoms with E-state index in [0.717, 1.165) is 17.8 Å². The van der Waals surface area contributed by atoms with E-state index in [1.807, 2.05) is 6.92 Å². The monoisotopic (exact) mass is 543 g/mol. The Kier molecular flexibility index (Phi) is 8.03. The number of methoxy groups -OCH3 is 2. The molecule has 0 fully saturated rings. The van der Waals surface area contributed by atoms with Gasteiger partial charge in [0.15, 0.2) is 34.5 Å². The second-order valence-corrected chi connectivity index (χ2v) is 7.32. The van der Waals surface area contributed by atoms with Crippen LogP contribution >= 0.6 is 0 Å². The molecule has 0 bridgehead atoms. The largest absolute Gasteiger partial charge is 0.493 e. The number of hydrogen-bond donors (Lipinski definition) is 4. The SMILES string of the molecule is COc1cc(Nc2ncc(F)c(Nc3cc(F)c4oc(=O)[nH]c4c3)n2)cc(C)c1OC.O=C(O)C(F)(F)F. The summed E-state index contributed by atoms with van der Waals surface area (Å²) in [6.07, 6.45) is -4.11. The van der Waals surface area contributed by atoms with Crippen molar-refractivity contribution in [3.63, 3.8) is 0 Å². The number of ether oxygens (including phenoxy) is 2. The fourth-order valence-corrected chi connectivity index (χ4v) is 3.10. The number of hydrogen-bond acceptors (Lipinski definition) is 9. The van der Waals surface area contributed by atoms with Crippen molar-refractivity contribution in [2.75, 3.05) is 24.9 Å². The van der Waals surface area contributed by atoms with Crippen molar-refractivity contribution in [3.8, 4) is 11.5 Å². The molecule has 0 amide bonds. The van der Waals surface area contributed by atoms with Crippen LogP contribution in [0.25, 0.3) is 11.1 Å². The van der Waals surface area contributed by atoms with Gasteiger partial charge in [-0.2, -0.15) is 18.2 Å². The summed E-state index contributed by atoms with van der Waals surface area (Å²) in [5.41, 5.74) is 1.47. The van der Waals surface area contributed by atoms with Crippen molar-refractivity contribution < 1.29 is 45.7 Å². The van der Waals surface area contributed by atoms with Crippen LogP contribution in [0.2, 0.25) is 0 Å². The van der Waals surface area contributed by atoms with Gasteiger partial charge in [-0.15, -0.1) is 0 Å². The zero-order valence-electron chi connectivity index (χ0n) is 19.7. The maximum Gasteiger partial charge on any atom is 0.490 e. The number of aromatic nitrogens is 3. The Hall–Kier alpha value is -4.89. The molecule has 4 rings (SSSR count). The van der Waals surface area contributed by atoms with Crippen molar-refractivity contribution in [1.29, 1.82) is 0 Å². The molecular weight excluding hydrogens is 525 g/mol. The number of oxazole rings is 1. The van der Waals surface area contributed by atoms with Crippen molar-refractivity contribution in [2.24, 2.45) is 0 Å². The summed E-state index contributed by atoms with van der Waals surface area (Å²) in [7, 11) is 3.05. The third-order valence-electron chi connectivity index (χ3n) is 4.65. The zero-order valence-corrected chi connectivity index (χ0v) is 19.7. The van der Waals surface area contributed by atoms with E-state index in [-0.39, 0.29) is 28.6 Å². The Morgan fingerprint density at radius 1 is 1.05 bits per heavy atom. The van der Waals surface area contributed by atoms with Gasteiger partial charge in [-0.3, -0.25) is 4.98 Å². The summed E-state index contributed by atoms with van der Waals surface area (Å²) in [6.45, 7) is 1.84. The number of halogens is 5. The standard InChI is InChI=1S/C20H17F2N5O4.C2HF3O2/c1-9-4-10(7-15(29-2)16(9)30-3)25-19-23-8-13(22)18(27-19)24-11-5-12(21)17-14(6-11)26-20(28)31-17;3-2(4,5)1(6)7/h4-8H,1-3H3,(H,26,28)(H2,23,24,25,27);(H,6,7). The van der Waals surface area contributed by atoms with E-state index in [1.54, 1.807) is 19.2 Å². The molecule has 2 aromatic carbocycles. The number of H-pyrrole nitrogens is 1. The minimum absolute atomic E-state index is 0.0915. The summed E-state index contributed by atoms with van der Waals surface area (Å²) in [5, 5.41) is 12.8. The van der Waals surface area contributed by atoms with Crippen LogP contribution in [0.5, 0.6) is 11.5 Å². The molecule has 0 saturated heterocycles. The van der Waals surface area contributed by atoms with Crippen molar-refractivity contribution in [2.45, 2.75) is 13.1 Å². The molecule has 4 aromatic rings. The first-order valence-corrected chi connectivity index (χ1v) is 10.2. The molecule has 202 valence electrons. The molecule has 0 aliphatic rings. The van der Waals surface area contributed by atoms with Gasteiger partial charge in [0.05, 0.1) is 25.9 Å². The van der Waals surface area contributed by atoms with Gasteiger partial charge in [-0.25, -0.2) is 23.4 Å². The molecule has 38 heavy (non-hydrogen) atoms. The Bertz CT molecular complexity index is 1540. The number of fused-ring (bicyclic) bond motifs is 1. The lowest BCUT2D eigenvalue weighted by molar-refractivity contribution is -0.192. The summed E-state index contributed by atoms with van der Waals surface area (Å²) >= 11 is 0. The lowest BCUT2D eigenvalue weighted by Gasteiger charge is -2.14. The zero-order chi connectivity index (χ0) is 28.2. The number of alkyl halides is 3. The van der Waals surface area contributed by atoms with E-state index < -0.39 is 29.5 Å². The van der Waals surface area contributed by atoms with Crippen LogP contribution in [0.3, 0.4) is 0 Å². The molecule has 4 N–H and O–H groups in total. The predicted molar refractivity (Wildman–Crippen MR) is 123 cm³/mol. The number of aryl methyl sites for hydroxylation is 1. The van der Waals surface area contributed by atoms with Crippen LogP contribution in [-0.4, -0.2) is 46.4 Å². The van der Waals surface area contributed by atoms with E-state index >= 15 is 0 Å². The fourth-order valence-electron chi connectivity index (χ4n) is 3.10. The topological polar surface area (TPSA) is 152 Å². The fraction of sp³-hybridized carbons (Fsp3) is 0.182. The lowest BCUT2D eigenvalue weighted by Crippen LogP contribution is -2.21. The summed E-state index contributed by atoms with van der Waals surface area (Å²) < 4.78 is 75.5. The van der Waals surface area contributed by atoms with Crippen LogP contribution in [0.1, 0.15) is 5.56 Å². The molecule has 0 radical (unpaired) electrons. The van der Waals surface area contributed by atoms with E-state index in [4.69, 9.17) is 23.8 Å². The number of aromatic amines is 1. The number of anilines is 4. The smallest absolute Gasteiger partial charge is 0.490 e. The van der Waals surface area contributed by atoms with Gasteiger partial charge in [0.25, 0.3) is 0 Å². The molecular formula is C22H18F5N5O6. The molecule has 0 aliphatic heterocycles. The number of carbonyl (C=O) groups is 1. The molecule has 0 saturated carbocycles. The second-order valence-electron chi connectivity index (χ2n) is 7.32. The maximum absolute atomic E-state index is 14.3. The lowest BCUT2D eigenvalue weighted by atomic mass is 10.2. The average Bonchev–Trinajstić information content (AvgIpc) is 3.21. The number of carboxylic acids is 1. The van der Waals surface area contributed by atoms with Crippen LogP contribution in [-0.2, 0) is 4.79 Å². The second kappa shape index (κ2) is 11.0. The highest BCUT2D eigenvalue weighted by atomic mass is 19.4. The van der Waals surface area contributed by atoms with Gasteiger partial charge in [-0.05, 0) is 24.6 Å². The highest BCUT2D eigenvalue weighted by Gasteiger charge is 2.38. The number of carboxylic acid groups (broad SMARTS) is 1. The number of aliphatic carboxylic acids is 1. The molecule has 0 unspecified atom stereocenters. The van der Waals surface area contributed by atoms with Crippen LogP contribution in [0.4, 0.5) is 45.1 Å². The molecule has 0 spiro atoms. The van der Waals surface area contributed by atoms with Crippen LogP contribution in [0.15, 0.2) is 39.7 Å². The van der Waals surface area contributed by atoms with Gasteiger partial charge in [0.2, 0.25) is 5.95 Å². The Labute approximate surface area is 209 Å². The van der Waals surface area contributed by atoms with Gasteiger partial charge in [0, 0.05) is 23.5 Å². The Morgan fingerprint density at radius 3 is 2.32 bits per heavy atom. The van der Waals surface area contributed by atoms with E-state index in [0.29, 0.717) is 17.2 Å². The minimum atomic E-state index is -5.08. The van der Waals surface area contributed by atoms with E-state index in [9.17, 15) is 26.7 Å². The van der Waals surface area contributed by atoms with E-state index in [2.05, 4.69) is 25.6 Å². The van der Waals surface area contributed by atoms with Gasteiger partial charge in [-0.1, -0.05) is 0 Å². The summed E-state index contributed by atoms with van der Waals surface area (Å²) in [5.74, 6) is -4.10. The van der Waals surface area contributed by atoms with Crippen LogP contribution < -0.4 is 25.9 Å². The molecule has 16 heteroatoms. The van der Waals surface area contributed by atoms with Crippen molar-refractivity contribution in [1.82, 2.24) is 15.0 Å². The third kappa shape index (κ3) is 6.45. The minimum Gasteiger partial charge on any atom is -0.493 e. The molecule has 0 aliphatic carbocycles. The summed E-state index contributed by atoms with van der Waals surface area (Å²) in [6, 6.07) is 5.94. The highest BCUT2D eigenvalue weighted by Crippen LogP contribution is 2.35. The first-order chi connectivity index (χ1) is 17.8.